The van der Waals surface area contributed by atoms with E-state index in [1.807, 2.05) is 0 Å². The Labute approximate surface area is 197 Å². The summed E-state index contributed by atoms with van der Waals surface area (Å²) in [6, 6.07) is 11.4. The van der Waals surface area contributed by atoms with Crippen LogP contribution in [0, 0.1) is 11.7 Å². The molecular formula is C24H27ClFN3O4. The summed E-state index contributed by atoms with van der Waals surface area (Å²) in [6.45, 7) is 1.44. The number of carbonyl (C=O) groups is 3. The number of nitrogens with one attached hydrogen (secondary N) is 2. The number of likely N-dealkylation sites (tertiary alicyclic amines) is 1. The van der Waals surface area contributed by atoms with Crippen LogP contribution in [0.25, 0.3) is 0 Å². The molecule has 1 unspecified atom stereocenters. The maximum Gasteiger partial charge on any atom is 0.253 e. The fourth-order valence-electron chi connectivity index (χ4n) is 3.89. The monoisotopic (exact) mass is 475 g/mol. The summed E-state index contributed by atoms with van der Waals surface area (Å²) in [4.78, 5) is 40.1. The first-order valence-electron chi connectivity index (χ1n) is 10.8. The standard InChI is InChI=1S/C24H27ClFN3O4/c1-33-14-11-27-23(31)21(28-22(30)19-7-2-3-8-20(19)25)16-9-12-29(13-10-16)24(32)17-5-4-6-18(26)15-17/h2-8,15-16,21H,9-14H2,1H3,(H,27,31)(H,28,30). The highest BCUT2D eigenvalue weighted by molar-refractivity contribution is 6.33. The molecule has 2 aromatic carbocycles. The Morgan fingerprint density at radius 2 is 1.88 bits per heavy atom. The Bertz CT molecular complexity index is 995. The second kappa shape index (κ2) is 11.8. The topological polar surface area (TPSA) is 87.7 Å². The minimum absolute atomic E-state index is 0.185. The average Bonchev–Trinajstić information content (AvgIpc) is 2.82. The van der Waals surface area contributed by atoms with Crippen LogP contribution >= 0.6 is 11.6 Å². The van der Waals surface area contributed by atoms with Crippen molar-refractivity contribution in [1.82, 2.24) is 15.5 Å². The zero-order valence-corrected chi connectivity index (χ0v) is 19.1. The lowest BCUT2D eigenvalue weighted by Gasteiger charge is -2.36. The maximum atomic E-state index is 13.5. The number of ether oxygens (including phenoxy) is 1. The predicted molar refractivity (Wildman–Crippen MR) is 123 cm³/mol. The molecular weight excluding hydrogens is 449 g/mol. The molecule has 0 aliphatic carbocycles. The van der Waals surface area contributed by atoms with Crippen LogP contribution in [0.2, 0.25) is 5.02 Å². The van der Waals surface area contributed by atoms with Crippen LogP contribution in [0.3, 0.4) is 0 Å². The zero-order valence-electron chi connectivity index (χ0n) is 18.4. The molecule has 9 heteroatoms. The summed E-state index contributed by atoms with van der Waals surface area (Å²) in [6.07, 6.45) is 1.01. The van der Waals surface area contributed by atoms with Gasteiger partial charge in [0.25, 0.3) is 11.8 Å². The summed E-state index contributed by atoms with van der Waals surface area (Å²) < 4.78 is 18.5. The second-order valence-electron chi connectivity index (χ2n) is 7.85. The summed E-state index contributed by atoms with van der Waals surface area (Å²) in [5.74, 6) is -1.66. The van der Waals surface area contributed by atoms with Crippen molar-refractivity contribution in [2.45, 2.75) is 18.9 Å². The molecule has 0 saturated carbocycles. The quantitative estimate of drug-likeness (QED) is 0.575. The largest absolute Gasteiger partial charge is 0.383 e. The molecule has 2 N–H and O–H groups in total. The fraction of sp³-hybridized carbons (Fsp3) is 0.375. The Balaban J connectivity index is 1.69. The summed E-state index contributed by atoms with van der Waals surface area (Å²) in [7, 11) is 1.54. The number of halogens is 2. The van der Waals surface area contributed by atoms with Crippen molar-refractivity contribution in [3.8, 4) is 0 Å². The normalized spacial score (nSPS) is 15.1. The Morgan fingerprint density at radius 1 is 1.15 bits per heavy atom. The van der Waals surface area contributed by atoms with Crippen molar-refractivity contribution in [1.29, 1.82) is 0 Å². The van der Waals surface area contributed by atoms with E-state index in [0.717, 1.165) is 0 Å². The van der Waals surface area contributed by atoms with Gasteiger partial charge in [-0.05, 0) is 49.1 Å². The number of hydrogen-bond acceptors (Lipinski definition) is 4. The minimum atomic E-state index is -0.794. The van der Waals surface area contributed by atoms with Gasteiger partial charge in [-0.2, -0.15) is 0 Å². The highest BCUT2D eigenvalue weighted by atomic mass is 35.5. The zero-order chi connectivity index (χ0) is 23.8. The first kappa shape index (κ1) is 24.7. The molecule has 1 aliphatic heterocycles. The molecule has 1 heterocycles. The van der Waals surface area contributed by atoms with Crippen LogP contribution in [0.1, 0.15) is 33.6 Å². The van der Waals surface area contributed by atoms with Gasteiger partial charge < -0.3 is 20.3 Å². The predicted octanol–water partition coefficient (Wildman–Crippen LogP) is 2.89. The van der Waals surface area contributed by atoms with Crippen LogP contribution in [0.5, 0.6) is 0 Å². The van der Waals surface area contributed by atoms with Gasteiger partial charge in [0.15, 0.2) is 0 Å². The molecule has 0 spiro atoms. The third-order valence-electron chi connectivity index (χ3n) is 5.66. The number of rotatable bonds is 8. The smallest absolute Gasteiger partial charge is 0.253 e. The number of amides is 3. The van der Waals surface area contributed by atoms with Crippen molar-refractivity contribution in [2.75, 3.05) is 33.4 Å². The lowest BCUT2D eigenvalue weighted by atomic mass is 9.88. The third kappa shape index (κ3) is 6.52. The molecule has 3 amide bonds. The van der Waals surface area contributed by atoms with Crippen LogP contribution < -0.4 is 10.6 Å². The summed E-state index contributed by atoms with van der Waals surface area (Å²) in [5.41, 5.74) is 0.571. The number of carbonyl (C=O) groups excluding carboxylic acids is 3. The number of nitrogens with zero attached hydrogens (tertiary/aromatic N) is 1. The van der Waals surface area contributed by atoms with Crippen molar-refractivity contribution < 1.29 is 23.5 Å². The van der Waals surface area contributed by atoms with Crippen molar-refractivity contribution >= 4 is 29.3 Å². The minimum Gasteiger partial charge on any atom is -0.383 e. The molecule has 2 aromatic rings. The molecule has 1 saturated heterocycles. The summed E-state index contributed by atoms with van der Waals surface area (Å²) in [5, 5.41) is 5.90. The lowest BCUT2D eigenvalue weighted by molar-refractivity contribution is -0.124. The van der Waals surface area contributed by atoms with Crippen molar-refractivity contribution in [3.05, 3.63) is 70.5 Å². The molecule has 0 radical (unpaired) electrons. The van der Waals surface area contributed by atoms with E-state index in [9.17, 15) is 18.8 Å². The van der Waals surface area contributed by atoms with E-state index in [1.165, 1.54) is 25.3 Å². The van der Waals surface area contributed by atoms with Crippen LogP contribution in [0.4, 0.5) is 4.39 Å². The van der Waals surface area contributed by atoms with Gasteiger partial charge in [-0.15, -0.1) is 0 Å². The van der Waals surface area contributed by atoms with Crippen molar-refractivity contribution in [3.63, 3.8) is 0 Å². The molecule has 0 bridgehead atoms. The van der Waals surface area contributed by atoms with Crippen molar-refractivity contribution in [2.24, 2.45) is 5.92 Å². The SMILES string of the molecule is COCCNC(=O)C(NC(=O)c1ccccc1Cl)C1CCN(C(=O)c2cccc(F)c2)CC1. The first-order valence-corrected chi connectivity index (χ1v) is 11.2. The van der Waals surface area contributed by atoms with Crippen LogP contribution in [-0.4, -0.2) is 62.0 Å². The second-order valence-corrected chi connectivity index (χ2v) is 8.26. The molecule has 1 fully saturated rings. The van der Waals surface area contributed by atoms with Crippen LogP contribution in [0.15, 0.2) is 48.5 Å². The van der Waals surface area contributed by atoms with Gasteiger partial charge in [0.05, 0.1) is 17.2 Å². The Morgan fingerprint density at radius 3 is 2.55 bits per heavy atom. The average molecular weight is 476 g/mol. The van der Waals surface area contributed by atoms with Gasteiger partial charge in [0, 0.05) is 32.3 Å². The van der Waals surface area contributed by atoms with Gasteiger partial charge in [-0.25, -0.2) is 4.39 Å². The number of piperidine rings is 1. The highest BCUT2D eigenvalue weighted by Crippen LogP contribution is 2.24. The van der Waals surface area contributed by atoms with Gasteiger partial charge in [-0.1, -0.05) is 29.8 Å². The molecule has 176 valence electrons. The van der Waals surface area contributed by atoms with E-state index in [4.69, 9.17) is 16.3 Å². The number of benzene rings is 2. The first-order chi connectivity index (χ1) is 15.9. The molecule has 7 nitrogen and oxygen atoms in total. The van der Waals surface area contributed by atoms with Gasteiger partial charge in [0.1, 0.15) is 11.9 Å². The Hall–Kier alpha value is -2.97. The van der Waals surface area contributed by atoms with Crippen LogP contribution in [-0.2, 0) is 9.53 Å². The van der Waals surface area contributed by atoms with Gasteiger partial charge in [0.2, 0.25) is 5.91 Å². The maximum absolute atomic E-state index is 13.5. The molecule has 1 atom stereocenters. The Kier molecular flexibility index (Phi) is 8.79. The molecule has 33 heavy (non-hydrogen) atoms. The van der Waals surface area contributed by atoms with E-state index in [0.29, 0.717) is 44.1 Å². The van der Waals surface area contributed by atoms with E-state index in [2.05, 4.69) is 10.6 Å². The van der Waals surface area contributed by atoms with E-state index in [-0.39, 0.29) is 28.9 Å². The molecule has 0 aromatic heterocycles. The van der Waals surface area contributed by atoms with E-state index in [1.54, 1.807) is 35.2 Å². The molecule has 3 rings (SSSR count). The fourth-order valence-corrected chi connectivity index (χ4v) is 4.11. The number of methoxy groups -OCH3 is 1. The van der Waals surface area contributed by atoms with E-state index >= 15 is 0 Å². The lowest BCUT2D eigenvalue weighted by Crippen LogP contribution is -2.54. The van der Waals surface area contributed by atoms with E-state index < -0.39 is 17.8 Å². The van der Waals surface area contributed by atoms with Gasteiger partial charge >= 0.3 is 0 Å². The number of hydrogen-bond donors (Lipinski definition) is 2. The third-order valence-corrected chi connectivity index (χ3v) is 5.99. The highest BCUT2D eigenvalue weighted by Gasteiger charge is 2.34. The molecule has 1 aliphatic rings. The summed E-state index contributed by atoms with van der Waals surface area (Å²) >= 11 is 6.14. The van der Waals surface area contributed by atoms with Gasteiger partial charge in [-0.3, -0.25) is 14.4 Å².